The first kappa shape index (κ1) is 23.7. The molecule has 1 aliphatic rings. The molecular weight excluding hydrogens is 424 g/mol. The number of ether oxygens (including phenoxy) is 4. The largest absolute Gasteiger partial charge is 0.458 e. The third-order valence-electron chi connectivity index (χ3n) is 4.87. The summed E-state index contributed by atoms with van der Waals surface area (Å²) in [5.74, 6) is 2.17. The third-order valence-corrected chi connectivity index (χ3v) is 5.74. The highest BCUT2D eigenvalue weighted by Crippen LogP contribution is 2.35. The molecule has 1 saturated heterocycles. The van der Waals surface area contributed by atoms with E-state index >= 15 is 0 Å². The van der Waals surface area contributed by atoms with Crippen LogP contribution in [0.2, 0.25) is 19.6 Å². The second kappa shape index (κ2) is 10.1. The Bertz CT molecular complexity index is 990. The normalized spacial score (nSPS) is 22.5. The second-order valence-electron chi connectivity index (χ2n) is 8.61. The third kappa shape index (κ3) is 6.07. The second-order valence-corrected chi connectivity index (χ2v) is 13.4. The molecule has 0 spiro atoms. The van der Waals surface area contributed by atoms with Gasteiger partial charge in [0.15, 0.2) is 12.4 Å². The minimum Gasteiger partial charge on any atom is -0.458 e. The molecule has 3 rings (SSSR count). The maximum Gasteiger partial charge on any atom is 0.338 e. The molecule has 0 bridgehead atoms. The molecule has 3 atom stereocenters. The summed E-state index contributed by atoms with van der Waals surface area (Å²) in [5.41, 5.74) is 2.79. The van der Waals surface area contributed by atoms with E-state index in [-0.39, 0.29) is 13.0 Å². The van der Waals surface area contributed by atoms with E-state index in [1.54, 1.807) is 48.5 Å². The summed E-state index contributed by atoms with van der Waals surface area (Å²) in [7, 11) is -0.308. The van der Waals surface area contributed by atoms with Gasteiger partial charge in [0.05, 0.1) is 11.1 Å². The predicted molar refractivity (Wildman–Crippen MR) is 123 cm³/mol. The van der Waals surface area contributed by atoms with Gasteiger partial charge in [0.2, 0.25) is 5.60 Å². The van der Waals surface area contributed by atoms with Gasteiger partial charge in [-0.2, -0.15) is 0 Å². The summed E-state index contributed by atoms with van der Waals surface area (Å²) in [6, 6.07) is 17.4. The zero-order valence-electron chi connectivity index (χ0n) is 18.8. The zero-order valence-corrected chi connectivity index (χ0v) is 19.8. The van der Waals surface area contributed by atoms with Gasteiger partial charge < -0.3 is 18.9 Å². The average Bonchev–Trinajstić information content (AvgIpc) is 3.14. The van der Waals surface area contributed by atoms with Crippen molar-refractivity contribution < 1.29 is 28.5 Å². The lowest BCUT2D eigenvalue weighted by Crippen LogP contribution is -2.46. The summed E-state index contributed by atoms with van der Waals surface area (Å²) in [4.78, 5) is 25.4. The van der Waals surface area contributed by atoms with E-state index in [1.165, 1.54) is 7.11 Å². The first-order chi connectivity index (χ1) is 15.2. The molecule has 2 aromatic rings. The number of rotatable bonds is 6. The first-order valence-corrected chi connectivity index (χ1v) is 14.0. The lowest BCUT2D eigenvalue weighted by molar-refractivity contribution is -0.155. The Labute approximate surface area is 189 Å². The van der Waals surface area contributed by atoms with Gasteiger partial charge in [-0.3, -0.25) is 0 Å². The summed E-state index contributed by atoms with van der Waals surface area (Å²) in [5, 5.41) is 0. The van der Waals surface area contributed by atoms with Crippen LogP contribution in [0.25, 0.3) is 0 Å². The van der Waals surface area contributed by atoms with E-state index < -0.39 is 38.0 Å². The molecule has 0 aliphatic carbocycles. The minimum absolute atomic E-state index is 0.190. The molecule has 0 radical (unpaired) electrons. The maximum atomic E-state index is 12.8. The van der Waals surface area contributed by atoms with E-state index in [1.807, 2.05) is 12.1 Å². The van der Waals surface area contributed by atoms with Gasteiger partial charge in [0.1, 0.15) is 14.7 Å². The van der Waals surface area contributed by atoms with Crippen molar-refractivity contribution in [3.63, 3.8) is 0 Å². The van der Waals surface area contributed by atoms with Crippen LogP contribution in [0.3, 0.4) is 0 Å². The number of carbonyl (C=O) groups excluding carboxylic acids is 2. The van der Waals surface area contributed by atoms with Crippen LogP contribution in [0.4, 0.5) is 0 Å². The standard InChI is InChI=1S/C25H28O6Si/c1-28-22-17-21(30-24(27)20-13-9-6-10-14-20)25(31-22,15-16-32(2,3)4)18-29-23(26)19-11-7-5-8-12-19/h5-14,21-22H,17-18H2,1-4H3/t21-,22?,25+/m1/s1. The van der Waals surface area contributed by atoms with Gasteiger partial charge in [-0.1, -0.05) is 62.0 Å². The van der Waals surface area contributed by atoms with E-state index in [0.29, 0.717) is 11.1 Å². The fourth-order valence-electron chi connectivity index (χ4n) is 3.18. The Kier molecular flexibility index (Phi) is 7.51. The molecule has 0 N–H and O–H groups in total. The Morgan fingerprint density at radius 2 is 1.56 bits per heavy atom. The van der Waals surface area contributed by atoms with Gasteiger partial charge in [0.25, 0.3) is 0 Å². The molecule has 1 heterocycles. The topological polar surface area (TPSA) is 71.1 Å². The molecule has 168 valence electrons. The molecule has 0 saturated carbocycles. The van der Waals surface area contributed by atoms with Crippen molar-refractivity contribution in [2.45, 2.75) is 44.1 Å². The summed E-state index contributed by atoms with van der Waals surface area (Å²) < 4.78 is 22.9. The van der Waals surface area contributed by atoms with Crippen molar-refractivity contribution in [1.29, 1.82) is 0 Å². The fraction of sp³-hybridized carbons (Fsp3) is 0.360. The molecule has 6 nitrogen and oxygen atoms in total. The molecule has 0 aromatic heterocycles. The van der Waals surface area contributed by atoms with Crippen LogP contribution in [0.5, 0.6) is 0 Å². The molecular formula is C25H28O6Si. The molecule has 7 heteroatoms. The molecule has 1 fully saturated rings. The van der Waals surface area contributed by atoms with E-state index in [4.69, 9.17) is 18.9 Å². The minimum atomic E-state index is -1.82. The Morgan fingerprint density at radius 3 is 2.09 bits per heavy atom. The number of carbonyl (C=O) groups is 2. The molecule has 2 aromatic carbocycles. The summed E-state index contributed by atoms with van der Waals surface area (Å²) in [6.45, 7) is 6.09. The van der Waals surface area contributed by atoms with Gasteiger partial charge in [-0.05, 0) is 24.3 Å². The lowest BCUT2D eigenvalue weighted by atomic mass is 9.98. The number of hydrogen-bond acceptors (Lipinski definition) is 6. The van der Waals surface area contributed by atoms with E-state index in [0.717, 1.165) is 0 Å². The Morgan fingerprint density at radius 1 is 1.00 bits per heavy atom. The van der Waals surface area contributed by atoms with Crippen LogP contribution in [-0.4, -0.2) is 51.7 Å². The SMILES string of the molecule is COC1C[C@@H](OC(=O)c2ccccc2)[C@](C#C[Si](C)(C)C)(COC(=O)c2ccccc2)O1. The quantitative estimate of drug-likeness (QED) is 0.374. The molecule has 32 heavy (non-hydrogen) atoms. The monoisotopic (exact) mass is 452 g/mol. The number of benzene rings is 2. The van der Waals surface area contributed by atoms with Crippen molar-refractivity contribution in [3.8, 4) is 11.5 Å². The Balaban J connectivity index is 1.89. The lowest BCUT2D eigenvalue weighted by Gasteiger charge is -2.29. The fourth-order valence-corrected chi connectivity index (χ4v) is 3.77. The Hall–Kier alpha value is -2.92. The van der Waals surface area contributed by atoms with Crippen LogP contribution < -0.4 is 0 Å². The van der Waals surface area contributed by atoms with E-state index in [2.05, 4.69) is 31.1 Å². The maximum absolute atomic E-state index is 12.8. The van der Waals surface area contributed by atoms with Crippen LogP contribution in [-0.2, 0) is 18.9 Å². The van der Waals surface area contributed by atoms with Crippen molar-refractivity contribution in [2.75, 3.05) is 13.7 Å². The predicted octanol–water partition coefficient (Wildman–Crippen LogP) is 4.08. The smallest absolute Gasteiger partial charge is 0.338 e. The summed E-state index contributed by atoms with van der Waals surface area (Å²) in [6.07, 6.45) is -1.14. The number of esters is 2. The van der Waals surface area contributed by atoms with Crippen LogP contribution in [0.15, 0.2) is 60.7 Å². The van der Waals surface area contributed by atoms with Gasteiger partial charge in [0, 0.05) is 13.5 Å². The molecule has 1 unspecified atom stereocenters. The zero-order chi connectivity index (χ0) is 23.2. The summed E-state index contributed by atoms with van der Waals surface area (Å²) >= 11 is 0. The van der Waals surface area contributed by atoms with Crippen LogP contribution in [0.1, 0.15) is 27.1 Å². The van der Waals surface area contributed by atoms with Crippen molar-refractivity contribution >= 4 is 20.0 Å². The van der Waals surface area contributed by atoms with Crippen molar-refractivity contribution in [2.24, 2.45) is 0 Å². The van der Waals surface area contributed by atoms with Crippen molar-refractivity contribution in [1.82, 2.24) is 0 Å². The van der Waals surface area contributed by atoms with Crippen LogP contribution >= 0.6 is 0 Å². The average molecular weight is 453 g/mol. The highest BCUT2D eigenvalue weighted by Gasteiger charge is 2.52. The van der Waals surface area contributed by atoms with Crippen molar-refractivity contribution in [3.05, 3.63) is 71.8 Å². The number of hydrogen-bond donors (Lipinski definition) is 0. The van der Waals surface area contributed by atoms with Gasteiger partial charge >= 0.3 is 11.9 Å². The molecule has 0 amide bonds. The van der Waals surface area contributed by atoms with Crippen LogP contribution in [0, 0.1) is 11.5 Å². The van der Waals surface area contributed by atoms with Gasteiger partial charge in [-0.15, -0.1) is 5.54 Å². The highest BCUT2D eigenvalue weighted by molar-refractivity contribution is 6.83. The molecule has 1 aliphatic heterocycles. The van der Waals surface area contributed by atoms with E-state index in [9.17, 15) is 9.59 Å². The van der Waals surface area contributed by atoms with Gasteiger partial charge in [-0.25, -0.2) is 9.59 Å². The number of methoxy groups -OCH3 is 1. The first-order valence-electron chi connectivity index (χ1n) is 10.5. The highest BCUT2D eigenvalue weighted by atomic mass is 28.3.